The van der Waals surface area contributed by atoms with E-state index in [1.165, 1.54) is 12.0 Å². The molecule has 1 fully saturated rings. The van der Waals surface area contributed by atoms with Crippen molar-refractivity contribution in [1.29, 1.82) is 0 Å². The molecule has 164 valence electrons. The first-order valence-corrected chi connectivity index (χ1v) is 11.0. The molecule has 2 N–H and O–H groups in total. The lowest BCUT2D eigenvalue weighted by atomic mass is 10.0. The van der Waals surface area contributed by atoms with Crippen LogP contribution in [-0.4, -0.2) is 18.0 Å². The first-order chi connectivity index (χ1) is 15.6. The molecule has 0 aliphatic heterocycles. The summed E-state index contributed by atoms with van der Waals surface area (Å²) in [6, 6.07) is 26.3. The van der Waals surface area contributed by atoms with Gasteiger partial charge in [0.25, 0.3) is 0 Å². The summed E-state index contributed by atoms with van der Waals surface area (Å²) >= 11 is 0. The molecule has 1 aliphatic rings. The fourth-order valence-electron chi connectivity index (χ4n) is 3.80. The van der Waals surface area contributed by atoms with Crippen LogP contribution in [0, 0.1) is 5.92 Å². The SMILES string of the molecule is C[C@@H]1C[C@H]1c1ccc(NC(=O)C(Cc2ccccc2)NC(=O)OCc2ccccc2)cc1. The molecule has 4 rings (SSSR count). The number of rotatable bonds is 8. The Morgan fingerprint density at radius 1 is 0.906 bits per heavy atom. The van der Waals surface area contributed by atoms with E-state index in [2.05, 4.69) is 29.7 Å². The standard InChI is InChI=1S/C27H28N2O3/c1-19-16-24(19)22-12-14-23(15-13-22)28-26(30)25(17-20-8-4-2-5-9-20)29-27(31)32-18-21-10-6-3-7-11-21/h2-15,19,24-25H,16-18H2,1H3,(H,28,30)(H,29,31)/t19-,24-,25?/m1/s1. The lowest BCUT2D eigenvalue weighted by Crippen LogP contribution is -2.45. The highest BCUT2D eigenvalue weighted by atomic mass is 16.5. The minimum atomic E-state index is -0.760. The molecular formula is C27H28N2O3. The number of carbonyl (C=O) groups is 2. The maximum Gasteiger partial charge on any atom is 0.408 e. The quantitative estimate of drug-likeness (QED) is 0.513. The van der Waals surface area contributed by atoms with Gasteiger partial charge in [-0.2, -0.15) is 0 Å². The molecule has 32 heavy (non-hydrogen) atoms. The fourth-order valence-corrected chi connectivity index (χ4v) is 3.80. The van der Waals surface area contributed by atoms with Gasteiger partial charge in [-0.3, -0.25) is 4.79 Å². The van der Waals surface area contributed by atoms with Crippen molar-refractivity contribution >= 4 is 17.7 Å². The largest absolute Gasteiger partial charge is 0.445 e. The van der Waals surface area contributed by atoms with Crippen LogP contribution >= 0.6 is 0 Å². The lowest BCUT2D eigenvalue weighted by Gasteiger charge is -2.19. The van der Waals surface area contributed by atoms with Gasteiger partial charge in [-0.05, 0) is 47.1 Å². The van der Waals surface area contributed by atoms with E-state index in [4.69, 9.17) is 4.74 Å². The highest BCUT2D eigenvalue weighted by Gasteiger charge is 2.33. The van der Waals surface area contributed by atoms with Crippen molar-refractivity contribution < 1.29 is 14.3 Å². The number of carbonyl (C=O) groups excluding carboxylic acids is 2. The number of hydrogen-bond acceptors (Lipinski definition) is 3. The van der Waals surface area contributed by atoms with Gasteiger partial charge in [-0.1, -0.05) is 79.7 Å². The molecule has 0 radical (unpaired) electrons. The van der Waals surface area contributed by atoms with Crippen molar-refractivity contribution in [3.05, 3.63) is 102 Å². The van der Waals surface area contributed by atoms with Crippen molar-refractivity contribution in [1.82, 2.24) is 5.32 Å². The maximum atomic E-state index is 13.0. The smallest absolute Gasteiger partial charge is 0.408 e. The van der Waals surface area contributed by atoms with Crippen LogP contribution in [-0.2, 0) is 22.6 Å². The van der Waals surface area contributed by atoms with Gasteiger partial charge in [0.05, 0.1) is 0 Å². The lowest BCUT2D eigenvalue weighted by molar-refractivity contribution is -0.118. The fraction of sp³-hybridized carbons (Fsp3) is 0.259. The summed E-state index contributed by atoms with van der Waals surface area (Å²) < 4.78 is 5.33. The zero-order chi connectivity index (χ0) is 22.3. The average Bonchev–Trinajstić information content (AvgIpc) is 3.55. The zero-order valence-corrected chi connectivity index (χ0v) is 18.2. The van der Waals surface area contributed by atoms with Gasteiger partial charge in [0.15, 0.2) is 0 Å². The van der Waals surface area contributed by atoms with E-state index >= 15 is 0 Å². The van der Waals surface area contributed by atoms with Gasteiger partial charge < -0.3 is 15.4 Å². The number of alkyl carbamates (subject to hydrolysis) is 1. The monoisotopic (exact) mass is 428 g/mol. The minimum absolute atomic E-state index is 0.146. The van der Waals surface area contributed by atoms with Crippen molar-refractivity contribution in [2.45, 2.75) is 38.3 Å². The van der Waals surface area contributed by atoms with E-state index in [1.807, 2.05) is 72.8 Å². The second kappa shape index (κ2) is 10.1. The number of ether oxygens (including phenoxy) is 1. The molecule has 1 unspecified atom stereocenters. The second-order valence-corrected chi connectivity index (χ2v) is 8.38. The van der Waals surface area contributed by atoms with Crippen molar-refractivity contribution in [2.24, 2.45) is 5.92 Å². The van der Waals surface area contributed by atoms with E-state index in [-0.39, 0.29) is 12.5 Å². The Hall–Kier alpha value is -3.60. The van der Waals surface area contributed by atoms with E-state index in [9.17, 15) is 9.59 Å². The number of anilines is 1. The Labute approximate surface area is 188 Å². The highest BCUT2D eigenvalue weighted by molar-refractivity contribution is 5.96. The first kappa shape index (κ1) is 21.6. The minimum Gasteiger partial charge on any atom is -0.445 e. The third kappa shape index (κ3) is 5.97. The summed E-state index contributed by atoms with van der Waals surface area (Å²) in [6.45, 7) is 2.39. The molecule has 5 nitrogen and oxygen atoms in total. The van der Waals surface area contributed by atoms with Gasteiger partial charge in [0.2, 0.25) is 5.91 Å². The summed E-state index contributed by atoms with van der Waals surface area (Å²) in [6.07, 6.45) is 0.966. The van der Waals surface area contributed by atoms with Crippen molar-refractivity contribution in [3.63, 3.8) is 0 Å². The summed E-state index contributed by atoms with van der Waals surface area (Å²) in [7, 11) is 0. The molecule has 5 heteroatoms. The molecule has 1 aliphatic carbocycles. The molecule has 3 atom stereocenters. The van der Waals surface area contributed by atoms with Crippen LogP contribution in [0.3, 0.4) is 0 Å². The number of nitrogens with one attached hydrogen (secondary N) is 2. The van der Waals surface area contributed by atoms with Gasteiger partial charge in [-0.25, -0.2) is 4.79 Å². The van der Waals surface area contributed by atoms with Crippen LogP contribution in [0.1, 0.15) is 36.0 Å². The van der Waals surface area contributed by atoms with Crippen LogP contribution in [0.25, 0.3) is 0 Å². The van der Waals surface area contributed by atoms with Crippen LogP contribution in [0.5, 0.6) is 0 Å². The normalized spacial score (nSPS) is 17.8. The molecule has 1 saturated carbocycles. The van der Waals surface area contributed by atoms with Crippen molar-refractivity contribution in [2.75, 3.05) is 5.32 Å². The molecule has 0 saturated heterocycles. The van der Waals surface area contributed by atoms with Crippen LogP contribution in [0.15, 0.2) is 84.9 Å². The Balaban J connectivity index is 1.39. The molecule has 0 bridgehead atoms. The van der Waals surface area contributed by atoms with Gasteiger partial charge >= 0.3 is 6.09 Å². The molecule has 2 amide bonds. The van der Waals surface area contributed by atoms with Crippen LogP contribution in [0.2, 0.25) is 0 Å². The van der Waals surface area contributed by atoms with E-state index in [1.54, 1.807) is 0 Å². The van der Waals surface area contributed by atoms with Gasteiger partial charge in [0, 0.05) is 12.1 Å². The Morgan fingerprint density at radius 3 is 2.09 bits per heavy atom. The predicted molar refractivity (Wildman–Crippen MR) is 125 cm³/mol. The Morgan fingerprint density at radius 2 is 1.50 bits per heavy atom. The summed E-state index contributed by atoms with van der Waals surface area (Å²) in [5.74, 6) is 1.08. The van der Waals surface area contributed by atoms with Crippen molar-refractivity contribution in [3.8, 4) is 0 Å². The molecule has 0 heterocycles. The zero-order valence-electron chi connectivity index (χ0n) is 18.2. The molecule has 3 aromatic rings. The second-order valence-electron chi connectivity index (χ2n) is 8.38. The number of benzene rings is 3. The predicted octanol–water partition coefficient (Wildman–Crippen LogP) is 5.29. The topological polar surface area (TPSA) is 67.4 Å². The average molecular weight is 429 g/mol. The maximum absolute atomic E-state index is 13.0. The van der Waals surface area contributed by atoms with Gasteiger partial charge in [-0.15, -0.1) is 0 Å². The molecule has 0 spiro atoms. The van der Waals surface area contributed by atoms with E-state index in [0.717, 1.165) is 17.0 Å². The summed E-state index contributed by atoms with van der Waals surface area (Å²) in [4.78, 5) is 25.4. The molecule has 3 aromatic carbocycles. The summed E-state index contributed by atoms with van der Waals surface area (Å²) in [5, 5.41) is 5.66. The third-order valence-corrected chi connectivity index (χ3v) is 5.82. The number of hydrogen-bond donors (Lipinski definition) is 2. The Bertz CT molecular complexity index is 1040. The summed E-state index contributed by atoms with van der Waals surface area (Å²) in [5.41, 5.74) is 3.86. The molecule has 0 aromatic heterocycles. The first-order valence-electron chi connectivity index (χ1n) is 11.0. The van der Waals surface area contributed by atoms with E-state index in [0.29, 0.717) is 18.0 Å². The Kier molecular flexibility index (Phi) is 6.85. The number of amides is 2. The highest BCUT2D eigenvalue weighted by Crippen LogP contribution is 2.46. The van der Waals surface area contributed by atoms with E-state index < -0.39 is 12.1 Å². The van der Waals surface area contributed by atoms with Gasteiger partial charge in [0.1, 0.15) is 12.6 Å². The third-order valence-electron chi connectivity index (χ3n) is 5.82. The molecular weight excluding hydrogens is 400 g/mol. The van der Waals surface area contributed by atoms with Crippen LogP contribution < -0.4 is 10.6 Å². The van der Waals surface area contributed by atoms with Crippen LogP contribution in [0.4, 0.5) is 10.5 Å².